The third kappa shape index (κ3) is 2.54. The van der Waals surface area contributed by atoms with E-state index in [0.717, 1.165) is 6.42 Å². The van der Waals surface area contributed by atoms with Crippen molar-refractivity contribution in [3.63, 3.8) is 0 Å². The maximum absolute atomic E-state index is 12.5. The molecule has 0 bridgehead atoms. The minimum atomic E-state index is -3.41. The maximum atomic E-state index is 12.5. The molecule has 1 aromatic carbocycles. The van der Waals surface area contributed by atoms with E-state index in [1.807, 2.05) is 0 Å². The molecular formula is C12H17ClN2O2S. The maximum Gasteiger partial charge on any atom is 0.243 e. The van der Waals surface area contributed by atoms with Crippen molar-refractivity contribution >= 4 is 21.6 Å². The van der Waals surface area contributed by atoms with Crippen LogP contribution in [-0.4, -0.2) is 32.4 Å². The summed E-state index contributed by atoms with van der Waals surface area (Å²) in [6, 6.07) is 4.85. The molecule has 2 N–H and O–H groups in total. The van der Waals surface area contributed by atoms with E-state index in [1.54, 1.807) is 25.1 Å². The first-order valence-corrected chi connectivity index (χ1v) is 7.73. The molecule has 100 valence electrons. The molecule has 0 aromatic heterocycles. The first kappa shape index (κ1) is 13.8. The minimum Gasteiger partial charge on any atom is -0.330 e. The van der Waals surface area contributed by atoms with Crippen LogP contribution in [0.3, 0.4) is 0 Å². The van der Waals surface area contributed by atoms with Gasteiger partial charge in [0.25, 0.3) is 0 Å². The number of halogens is 1. The summed E-state index contributed by atoms with van der Waals surface area (Å²) in [6.07, 6.45) is 0.836. The quantitative estimate of drug-likeness (QED) is 0.919. The lowest BCUT2D eigenvalue weighted by Gasteiger charge is -2.18. The Kier molecular flexibility index (Phi) is 3.96. The zero-order valence-electron chi connectivity index (χ0n) is 10.3. The predicted octanol–water partition coefficient (Wildman–Crippen LogP) is 1.62. The number of hydrogen-bond acceptors (Lipinski definition) is 3. The Bertz CT molecular complexity index is 545. The van der Waals surface area contributed by atoms with Gasteiger partial charge >= 0.3 is 0 Å². The number of aryl methyl sites for hydroxylation is 1. The number of sulfonamides is 1. The summed E-state index contributed by atoms with van der Waals surface area (Å²) in [5, 5.41) is 0.549. The first-order valence-electron chi connectivity index (χ1n) is 5.91. The van der Waals surface area contributed by atoms with Gasteiger partial charge in [0.05, 0.1) is 4.90 Å². The average Bonchev–Trinajstić information content (AvgIpc) is 2.77. The number of rotatable bonds is 3. The van der Waals surface area contributed by atoms with Gasteiger partial charge in [-0.2, -0.15) is 4.31 Å². The van der Waals surface area contributed by atoms with Crippen LogP contribution in [0.1, 0.15) is 12.0 Å². The molecule has 1 unspecified atom stereocenters. The molecule has 0 saturated carbocycles. The molecule has 1 aliphatic heterocycles. The van der Waals surface area contributed by atoms with Crippen molar-refractivity contribution in [3.05, 3.63) is 28.8 Å². The van der Waals surface area contributed by atoms with Crippen molar-refractivity contribution in [2.24, 2.45) is 11.7 Å². The van der Waals surface area contributed by atoms with Gasteiger partial charge in [-0.25, -0.2) is 8.42 Å². The smallest absolute Gasteiger partial charge is 0.243 e. The molecular weight excluding hydrogens is 272 g/mol. The highest BCUT2D eigenvalue weighted by molar-refractivity contribution is 7.89. The lowest BCUT2D eigenvalue weighted by molar-refractivity contribution is 0.458. The van der Waals surface area contributed by atoms with Gasteiger partial charge in [-0.3, -0.25) is 0 Å². The van der Waals surface area contributed by atoms with E-state index in [1.165, 1.54) is 4.31 Å². The molecule has 4 nitrogen and oxygen atoms in total. The molecule has 2 rings (SSSR count). The Hall–Kier alpha value is -0.620. The number of benzene rings is 1. The Morgan fingerprint density at radius 1 is 1.50 bits per heavy atom. The molecule has 1 heterocycles. The topological polar surface area (TPSA) is 63.4 Å². The molecule has 0 spiro atoms. The highest BCUT2D eigenvalue weighted by Gasteiger charge is 2.32. The number of nitrogens with zero attached hydrogens (tertiary/aromatic N) is 1. The summed E-state index contributed by atoms with van der Waals surface area (Å²) in [4.78, 5) is 0.338. The Morgan fingerprint density at radius 2 is 2.22 bits per heavy atom. The van der Waals surface area contributed by atoms with Gasteiger partial charge in [0.1, 0.15) is 0 Å². The minimum absolute atomic E-state index is 0.271. The van der Waals surface area contributed by atoms with Crippen LogP contribution in [0.5, 0.6) is 0 Å². The highest BCUT2D eigenvalue weighted by Crippen LogP contribution is 2.27. The monoisotopic (exact) mass is 288 g/mol. The third-order valence-electron chi connectivity index (χ3n) is 3.34. The van der Waals surface area contributed by atoms with Crippen LogP contribution in [0.25, 0.3) is 0 Å². The molecule has 1 aromatic rings. The summed E-state index contributed by atoms with van der Waals surface area (Å²) in [7, 11) is -3.41. The van der Waals surface area contributed by atoms with Gasteiger partial charge < -0.3 is 5.73 Å². The van der Waals surface area contributed by atoms with E-state index in [0.29, 0.717) is 35.1 Å². The fourth-order valence-electron chi connectivity index (χ4n) is 2.25. The van der Waals surface area contributed by atoms with Gasteiger partial charge in [0.2, 0.25) is 10.0 Å². The normalized spacial score (nSPS) is 21.4. The van der Waals surface area contributed by atoms with Crippen LogP contribution in [-0.2, 0) is 10.0 Å². The van der Waals surface area contributed by atoms with Crippen LogP contribution >= 0.6 is 11.6 Å². The second-order valence-electron chi connectivity index (χ2n) is 4.66. The second-order valence-corrected chi connectivity index (χ2v) is 7.01. The van der Waals surface area contributed by atoms with E-state index in [2.05, 4.69) is 0 Å². The van der Waals surface area contributed by atoms with E-state index in [-0.39, 0.29) is 5.92 Å². The van der Waals surface area contributed by atoms with E-state index < -0.39 is 10.0 Å². The molecule has 1 atom stereocenters. The van der Waals surface area contributed by atoms with Gasteiger partial charge in [-0.15, -0.1) is 0 Å². The first-order chi connectivity index (χ1) is 8.45. The van der Waals surface area contributed by atoms with Gasteiger partial charge in [-0.05, 0) is 49.6 Å². The Labute approximate surface area is 113 Å². The molecule has 6 heteroatoms. The molecule has 0 amide bonds. The van der Waals surface area contributed by atoms with Crippen LogP contribution in [0.15, 0.2) is 23.1 Å². The van der Waals surface area contributed by atoms with Gasteiger partial charge in [0.15, 0.2) is 0 Å². The van der Waals surface area contributed by atoms with Crippen molar-refractivity contribution in [2.75, 3.05) is 19.6 Å². The molecule has 18 heavy (non-hydrogen) atoms. The predicted molar refractivity (Wildman–Crippen MR) is 72.1 cm³/mol. The van der Waals surface area contributed by atoms with Crippen LogP contribution in [0.4, 0.5) is 0 Å². The van der Waals surface area contributed by atoms with Crippen LogP contribution < -0.4 is 5.73 Å². The van der Waals surface area contributed by atoms with Gasteiger partial charge in [0, 0.05) is 18.1 Å². The molecule has 0 radical (unpaired) electrons. The van der Waals surface area contributed by atoms with Gasteiger partial charge in [-0.1, -0.05) is 11.6 Å². The summed E-state index contributed by atoms with van der Waals surface area (Å²) >= 11 is 5.85. The van der Waals surface area contributed by atoms with Crippen molar-refractivity contribution in [2.45, 2.75) is 18.2 Å². The lowest BCUT2D eigenvalue weighted by atomic mass is 10.1. The molecule has 0 aliphatic carbocycles. The number of nitrogens with two attached hydrogens (primary N) is 1. The van der Waals surface area contributed by atoms with Crippen molar-refractivity contribution < 1.29 is 8.42 Å². The Balaban J connectivity index is 2.31. The summed E-state index contributed by atoms with van der Waals surface area (Å²) in [5.74, 6) is 0.271. The summed E-state index contributed by atoms with van der Waals surface area (Å²) in [5.41, 5.74) is 6.27. The third-order valence-corrected chi connectivity index (χ3v) is 5.60. The standard InChI is InChI=1S/C12H17ClN2O2S/c1-9-6-11(13)2-3-12(9)18(16,17)15-5-4-10(7-14)8-15/h2-3,6,10H,4-5,7-8,14H2,1H3. The largest absolute Gasteiger partial charge is 0.330 e. The Morgan fingerprint density at radius 3 is 2.78 bits per heavy atom. The fraction of sp³-hybridized carbons (Fsp3) is 0.500. The summed E-state index contributed by atoms with van der Waals surface area (Å²) < 4.78 is 26.5. The SMILES string of the molecule is Cc1cc(Cl)ccc1S(=O)(=O)N1CCC(CN)C1. The van der Waals surface area contributed by atoms with E-state index in [9.17, 15) is 8.42 Å². The molecule has 1 saturated heterocycles. The van der Waals surface area contributed by atoms with Crippen molar-refractivity contribution in [1.82, 2.24) is 4.31 Å². The lowest BCUT2D eigenvalue weighted by Crippen LogP contribution is -2.30. The van der Waals surface area contributed by atoms with Crippen molar-refractivity contribution in [3.8, 4) is 0 Å². The second kappa shape index (κ2) is 5.17. The van der Waals surface area contributed by atoms with E-state index in [4.69, 9.17) is 17.3 Å². The molecule has 1 aliphatic rings. The average molecular weight is 289 g/mol. The van der Waals surface area contributed by atoms with Crippen molar-refractivity contribution in [1.29, 1.82) is 0 Å². The molecule has 1 fully saturated rings. The summed E-state index contributed by atoms with van der Waals surface area (Å²) in [6.45, 7) is 3.36. The van der Waals surface area contributed by atoms with Crippen LogP contribution in [0.2, 0.25) is 5.02 Å². The zero-order valence-corrected chi connectivity index (χ0v) is 11.8. The van der Waals surface area contributed by atoms with Crippen LogP contribution in [0, 0.1) is 12.8 Å². The fourth-order valence-corrected chi connectivity index (χ4v) is 4.21. The zero-order chi connectivity index (χ0) is 13.3. The highest BCUT2D eigenvalue weighted by atomic mass is 35.5. The van der Waals surface area contributed by atoms with E-state index >= 15 is 0 Å². The number of hydrogen-bond donors (Lipinski definition) is 1.